The first-order valence-corrected chi connectivity index (χ1v) is 26.5. The van der Waals surface area contributed by atoms with Gasteiger partial charge in [0.15, 0.2) is 6.10 Å². The minimum atomic E-state index is -0.560. The Hall–Kier alpha value is -2.66. The van der Waals surface area contributed by atoms with E-state index in [4.69, 9.17) is 14.2 Å². The first kappa shape index (κ1) is 59.3. The van der Waals surface area contributed by atoms with Gasteiger partial charge in [0.25, 0.3) is 0 Å². The van der Waals surface area contributed by atoms with Crippen molar-refractivity contribution < 1.29 is 23.8 Å². The summed E-state index contributed by atoms with van der Waals surface area (Å²) in [6.07, 6.45) is 67.7. The lowest BCUT2D eigenvalue weighted by atomic mass is 10.1. The number of carbonyl (C=O) groups excluding carboxylic acids is 2. The van der Waals surface area contributed by atoms with Crippen molar-refractivity contribution in [1.29, 1.82) is 0 Å². The van der Waals surface area contributed by atoms with Gasteiger partial charge in [-0.05, 0) is 109 Å². The summed E-state index contributed by atoms with van der Waals surface area (Å²) < 4.78 is 17.4. The van der Waals surface area contributed by atoms with Crippen molar-refractivity contribution >= 4 is 11.9 Å². The minimum Gasteiger partial charge on any atom is -0.462 e. The Labute approximate surface area is 385 Å². The molecule has 0 aliphatic heterocycles. The van der Waals surface area contributed by atoms with Crippen LogP contribution < -0.4 is 0 Å². The van der Waals surface area contributed by atoms with Crippen LogP contribution in [-0.2, 0) is 23.8 Å². The number of unbranched alkanes of at least 4 members (excludes halogenated alkanes) is 25. The summed E-state index contributed by atoms with van der Waals surface area (Å²) in [6.45, 7) is 7.64. The summed E-state index contributed by atoms with van der Waals surface area (Å²) in [7, 11) is 0. The number of esters is 2. The van der Waals surface area contributed by atoms with Crippen LogP contribution in [0.4, 0.5) is 0 Å². The maximum absolute atomic E-state index is 12.8. The van der Waals surface area contributed by atoms with Crippen molar-refractivity contribution in [3.8, 4) is 0 Å². The largest absolute Gasteiger partial charge is 0.462 e. The number of ether oxygens (including phenoxy) is 3. The van der Waals surface area contributed by atoms with Crippen LogP contribution in [-0.4, -0.2) is 37.9 Å². The standard InChI is InChI=1S/C57H100O5/c1-4-7-10-13-16-19-22-25-27-29-30-33-35-38-41-44-47-50-56(58)61-54-55(62-57(59)51-48-45-42-39-36-32-24-21-18-15-12-9-6-3)53-60-52-49-46-43-40-37-34-31-28-26-23-20-17-14-11-8-5-2/h9,12,17-18,20-21,25-28,32,36,55H,4-8,10-11,13-16,19,22-24,29-31,33-35,37-54H2,1-3H3/b12-9-,20-17-,21-18-,27-25-,28-26-,36-32-. The summed E-state index contributed by atoms with van der Waals surface area (Å²) >= 11 is 0. The van der Waals surface area contributed by atoms with Crippen LogP contribution in [0.1, 0.15) is 252 Å². The van der Waals surface area contributed by atoms with Crippen molar-refractivity contribution in [3.05, 3.63) is 72.9 Å². The smallest absolute Gasteiger partial charge is 0.306 e. The van der Waals surface area contributed by atoms with E-state index in [-0.39, 0.29) is 25.2 Å². The average molecular weight is 865 g/mol. The molecular weight excluding hydrogens is 765 g/mol. The molecule has 0 aromatic heterocycles. The molecule has 0 bridgehead atoms. The Bertz CT molecular complexity index is 1110. The highest BCUT2D eigenvalue weighted by Crippen LogP contribution is 2.14. The molecule has 358 valence electrons. The van der Waals surface area contributed by atoms with Gasteiger partial charge in [0.1, 0.15) is 6.61 Å². The van der Waals surface area contributed by atoms with Gasteiger partial charge in [0.05, 0.1) is 6.61 Å². The van der Waals surface area contributed by atoms with Crippen molar-refractivity contribution in [1.82, 2.24) is 0 Å². The average Bonchev–Trinajstić information content (AvgIpc) is 3.27. The summed E-state index contributed by atoms with van der Waals surface area (Å²) in [6, 6.07) is 0. The molecule has 62 heavy (non-hydrogen) atoms. The molecule has 0 saturated heterocycles. The number of hydrogen-bond acceptors (Lipinski definition) is 5. The number of carbonyl (C=O) groups is 2. The van der Waals surface area contributed by atoms with E-state index in [2.05, 4.69) is 93.7 Å². The first-order chi connectivity index (χ1) is 30.6. The Morgan fingerprint density at radius 2 is 0.726 bits per heavy atom. The molecule has 0 radical (unpaired) electrons. The van der Waals surface area contributed by atoms with E-state index < -0.39 is 6.10 Å². The van der Waals surface area contributed by atoms with Crippen LogP contribution >= 0.6 is 0 Å². The van der Waals surface area contributed by atoms with E-state index in [0.717, 1.165) is 83.5 Å². The Morgan fingerprint density at radius 3 is 1.23 bits per heavy atom. The molecule has 0 aromatic rings. The number of allylic oxidation sites excluding steroid dienone is 12. The molecule has 0 aromatic carbocycles. The summed E-state index contributed by atoms with van der Waals surface area (Å²) in [5.74, 6) is -0.439. The second-order valence-corrected chi connectivity index (χ2v) is 17.4. The lowest BCUT2D eigenvalue weighted by Crippen LogP contribution is -2.30. The van der Waals surface area contributed by atoms with E-state index >= 15 is 0 Å². The fourth-order valence-corrected chi connectivity index (χ4v) is 7.25. The molecule has 0 rings (SSSR count). The second-order valence-electron chi connectivity index (χ2n) is 17.4. The topological polar surface area (TPSA) is 61.8 Å². The molecule has 1 unspecified atom stereocenters. The van der Waals surface area contributed by atoms with Gasteiger partial charge in [-0.3, -0.25) is 9.59 Å². The normalized spacial score (nSPS) is 12.8. The molecule has 0 heterocycles. The van der Waals surface area contributed by atoms with Gasteiger partial charge in [-0.1, -0.05) is 203 Å². The highest BCUT2D eigenvalue weighted by atomic mass is 16.6. The van der Waals surface area contributed by atoms with Crippen LogP contribution in [0.3, 0.4) is 0 Å². The van der Waals surface area contributed by atoms with Crippen LogP contribution in [0.15, 0.2) is 72.9 Å². The predicted octanol–water partition coefficient (Wildman–Crippen LogP) is 17.9. The van der Waals surface area contributed by atoms with Gasteiger partial charge in [0, 0.05) is 19.4 Å². The van der Waals surface area contributed by atoms with E-state index in [1.54, 1.807) is 0 Å². The second kappa shape index (κ2) is 52.7. The zero-order valence-electron chi connectivity index (χ0n) is 41.1. The van der Waals surface area contributed by atoms with Crippen molar-refractivity contribution in [3.63, 3.8) is 0 Å². The summed E-state index contributed by atoms with van der Waals surface area (Å²) in [4.78, 5) is 25.4. The monoisotopic (exact) mass is 865 g/mol. The van der Waals surface area contributed by atoms with Gasteiger partial charge in [-0.25, -0.2) is 0 Å². The minimum absolute atomic E-state index is 0.0653. The maximum Gasteiger partial charge on any atom is 0.306 e. The van der Waals surface area contributed by atoms with E-state index in [1.165, 1.54) is 135 Å². The molecule has 0 spiro atoms. The Morgan fingerprint density at radius 1 is 0.371 bits per heavy atom. The third kappa shape index (κ3) is 50.0. The Balaban J connectivity index is 4.31. The maximum atomic E-state index is 12.8. The third-order valence-corrected chi connectivity index (χ3v) is 11.2. The van der Waals surface area contributed by atoms with E-state index in [9.17, 15) is 9.59 Å². The highest BCUT2D eigenvalue weighted by molar-refractivity contribution is 5.70. The van der Waals surface area contributed by atoms with Gasteiger partial charge in [0.2, 0.25) is 0 Å². The molecule has 0 N–H and O–H groups in total. The predicted molar refractivity (Wildman–Crippen MR) is 270 cm³/mol. The highest BCUT2D eigenvalue weighted by Gasteiger charge is 2.17. The number of rotatable bonds is 48. The quantitative estimate of drug-likeness (QED) is 0.0346. The van der Waals surface area contributed by atoms with Crippen LogP contribution in [0, 0.1) is 0 Å². The van der Waals surface area contributed by atoms with Crippen molar-refractivity contribution in [2.24, 2.45) is 0 Å². The van der Waals surface area contributed by atoms with E-state index in [1.807, 2.05) is 0 Å². The fraction of sp³-hybridized carbons (Fsp3) is 0.754. The summed E-state index contributed by atoms with van der Waals surface area (Å²) in [5, 5.41) is 0. The van der Waals surface area contributed by atoms with Gasteiger partial charge >= 0.3 is 11.9 Å². The van der Waals surface area contributed by atoms with Crippen LogP contribution in [0.25, 0.3) is 0 Å². The van der Waals surface area contributed by atoms with Gasteiger partial charge < -0.3 is 14.2 Å². The lowest BCUT2D eigenvalue weighted by Gasteiger charge is -2.18. The molecule has 0 saturated carbocycles. The lowest BCUT2D eigenvalue weighted by molar-refractivity contribution is -0.163. The molecule has 5 heteroatoms. The third-order valence-electron chi connectivity index (χ3n) is 11.2. The number of hydrogen-bond donors (Lipinski definition) is 0. The van der Waals surface area contributed by atoms with Crippen molar-refractivity contribution in [2.75, 3.05) is 19.8 Å². The molecule has 0 amide bonds. The first-order valence-electron chi connectivity index (χ1n) is 26.5. The molecule has 0 aliphatic carbocycles. The molecular formula is C57H100O5. The van der Waals surface area contributed by atoms with E-state index in [0.29, 0.717) is 19.4 Å². The molecule has 5 nitrogen and oxygen atoms in total. The molecule has 0 aliphatic rings. The molecule has 1 atom stereocenters. The zero-order chi connectivity index (χ0) is 44.9. The molecule has 0 fully saturated rings. The van der Waals surface area contributed by atoms with Gasteiger partial charge in [-0.15, -0.1) is 0 Å². The fourth-order valence-electron chi connectivity index (χ4n) is 7.25. The van der Waals surface area contributed by atoms with Crippen LogP contribution in [0.5, 0.6) is 0 Å². The van der Waals surface area contributed by atoms with Crippen LogP contribution in [0.2, 0.25) is 0 Å². The zero-order valence-corrected chi connectivity index (χ0v) is 41.1. The SMILES string of the molecule is CC/C=C\C/C=C\C/C=C\CCCCCC(=O)OC(COCCCCCCCC/C=C\C/C=C\CCCCC)COC(=O)CCCCCCCCC/C=C\CCCCCCCC. The Kier molecular flexibility index (Phi) is 50.4. The van der Waals surface area contributed by atoms with Crippen molar-refractivity contribution in [2.45, 2.75) is 258 Å². The van der Waals surface area contributed by atoms with Gasteiger partial charge in [-0.2, -0.15) is 0 Å². The summed E-state index contributed by atoms with van der Waals surface area (Å²) in [5.41, 5.74) is 0.